The molecule has 7 heteroatoms. The van der Waals surface area contributed by atoms with Crippen LogP contribution in [0.15, 0.2) is 11.6 Å². The summed E-state index contributed by atoms with van der Waals surface area (Å²) in [6.45, 7) is 16.3. The van der Waals surface area contributed by atoms with Crippen LogP contribution in [0.5, 0.6) is 0 Å². The zero-order chi connectivity index (χ0) is 31.5. The molecule has 0 aromatic carbocycles. The van der Waals surface area contributed by atoms with Crippen LogP contribution < -0.4 is 0 Å². The molecule has 1 saturated heterocycles. The minimum Gasteiger partial charge on any atom is -0.481 e. The summed E-state index contributed by atoms with van der Waals surface area (Å²) in [5, 5.41) is 41.5. The van der Waals surface area contributed by atoms with Crippen molar-refractivity contribution in [3.05, 3.63) is 11.6 Å². The molecule has 0 bridgehead atoms. The lowest BCUT2D eigenvalue weighted by atomic mass is 9.33. The molecule has 4 unspecified atom stereocenters. The second-order valence-corrected chi connectivity index (χ2v) is 17.8. The largest absolute Gasteiger partial charge is 0.481 e. The number of fused-ring (bicyclic) bond motifs is 7. The van der Waals surface area contributed by atoms with Crippen molar-refractivity contribution in [3.8, 4) is 0 Å². The summed E-state index contributed by atoms with van der Waals surface area (Å²) in [6.07, 6.45) is 6.40. The van der Waals surface area contributed by atoms with Crippen LogP contribution in [0.1, 0.15) is 113 Å². The first-order valence-corrected chi connectivity index (χ1v) is 17.0. The molecule has 4 N–H and O–H groups in total. The van der Waals surface area contributed by atoms with Crippen LogP contribution in [0.3, 0.4) is 0 Å². The van der Waals surface area contributed by atoms with E-state index in [0.29, 0.717) is 18.3 Å². The summed E-state index contributed by atoms with van der Waals surface area (Å²) in [5.74, 6) is -0.197. The normalized spacial score (nSPS) is 52.0. The highest BCUT2D eigenvalue weighted by Gasteiger charge is 2.69. The van der Waals surface area contributed by atoms with E-state index in [0.717, 1.165) is 57.8 Å². The summed E-state index contributed by atoms with van der Waals surface area (Å²) < 4.78 is 5.64. The fourth-order valence-corrected chi connectivity index (χ4v) is 12.4. The van der Waals surface area contributed by atoms with E-state index in [1.807, 2.05) is 0 Å². The van der Waals surface area contributed by atoms with Crippen LogP contribution in [0.4, 0.5) is 0 Å². The number of aliphatic carboxylic acids is 1. The van der Waals surface area contributed by atoms with Crippen molar-refractivity contribution in [1.29, 1.82) is 0 Å². The number of ether oxygens (including phenoxy) is 1. The molecule has 5 aliphatic carbocycles. The molecule has 0 radical (unpaired) electrons. The number of Topliss-reactive ketones (excluding diaryl/α,β-unsaturated/α-hetero) is 1. The number of rotatable bonds is 3. The van der Waals surface area contributed by atoms with Crippen LogP contribution in [0.2, 0.25) is 0 Å². The molecular weight excluding hydrogens is 544 g/mol. The fourth-order valence-electron chi connectivity index (χ4n) is 12.4. The molecule has 0 aromatic heterocycles. The number of hydrogen-bond acceptors (Lipinski definition) is 6. The summed E-state index contributed by atoms with van der Waals surface area (Å²) in [5.41, 5.74) is 0.636. The van der Waals surface area contributed by atoms with Gasteiger partial charge in [0, 0.05) is 5.92 Å². The fraction of sp³-hybridized carbons (Fsp3) is 0.889. The zero-order valence-corrected chi connectivity index (χ0v) is 27.5. The Labute approximate surface area is 257 Å². The highest BCUT2D eigenvalue weighted by Crippen LogP contribution is 2.76. The van der Waals surface area contributed by atoms with E-state index in [1.54, 1.807) is 0 Å². The van der Waals surface area contributed by atoms with Gasteiger partial charge in [0.2, 0.25) is 0 Å². The number of aliphatic hydroxyl groups is 3. The smallest absolute Gasteiger partial charge is 0.310 e. The van der Waals surface area contributed by atoms with Gasteiger partial charge < -0.3 is 25.2 Å². The van der Waals surface area contributed by atoms with Crippen molar-refractivity contribution < 1.29 is 34.8 Å². The Balaban J connectivity index is 1.32. The van der Waals surface area contributed by atoms with Gasteiger partial charge in [0.15, 0.2) is 5.78 Å². The van der Waals surface area contributed by atoms with Crippen LogP contribution in [0.25, 0.3) is 0 Å². The standard InChI is InChI=1S/C36H56O7/c1-31(2)14-16-36(30(41)42)17-15-34(6)20(22(36)18-31)8-9-25-33(5)12-10-21(32(3,4)24(33)11-13-35(25,34)7)26(38)29-28(40)27(39)23(37)19-43-29/h8,21-25,27-29,37,39-40H,9-19H2,1-7H3,(H,41,42)/t21-,22?,23-,24?,25?,27+,28?,29+,33+,34-,35-,36+/m1/s1. The molecule has 6 aliphatic rings. The van der Waals surface area contributed by atoms with E-state index in [1.165, 1.54) is 5.57 Å². The van der Waals surface area contributed by atoms with Gasteiger partial charge in [0.25, 0.3) is 0 Å². The zero-order valence-electron chi connectivity index (χ0n) is 27.5. The van der Waals surface area contributed by atoms with Gasteiger partial charge in [-0.25, -0.2) is 0 Å². The Morgan fingerprint density at radius 2 is 1.51 bits per heavy atom. The monoisotopic (exact) mass is 600 g/mol. The first-order valence-electron chi connectivity index (χ1n) is 17.0. The Morgan fingerprint density at radius 1 is 0.837 bits per heavy atom. The molecule has 43 heavy (non-hydrogen) atoms. The molecule has 1 aliphatic heterocycles. The van der Waals surface area contributed by atoms with Gasteiger partial charge in [-0.05, 0) is 109 Å². The summed E-state index contributed by atoms with van der Waals surface area (Å²) in [4.78, 5) is 26.9. The lowest BCUT2D eigenvalue weighted by molar-refractivity contribution is -0.210. The van der Waals surface area contributed by atoms with E-state index in [2.05, 4.69) is 54.5 Å². The van der Waals surface area contributed by atoms with Gasteiger partial charge in [0.1, 0.15) is 24.4 Å². The Kier molecular flexibility index (Phi) is 7.27. The number of carbonyl (C=O) groups excluding carboxylic acids is 1. The van der Waals surface area contributed by atoms with Crippen LogP contribution in [-0.2, 0) is 14.3 Å². The van der Waals surface area contributed by atoms with Gasteiger partial charge in [-0.3, -0.25) is 9.59 Å². The van der Waals surface area contributed by atoms with E-state index in [4.69, 9.17) is 4.74 Å². The third kappa shape index (κ3) is 4.19. The van der Waals surface area contributed by atoms with Gasteiger partial charge in [0.05, 0.1) is 12.0 Å². The molecule has 5 fully saturated rings. The van der Waals surface area contributed by atoms with Gasteiger partial charge in [-0.15, -0.1) is 0 Å². The van der Waals surface area contributed by atoms with Crippen molar-refractivity contribution in [2.75, 3.05) is 6.61 Å². The summed E-state index contributed by atoms with van der Waals surface area (Å²) in [6, 6.07) is 0. The maximum Gasteiger partial charge on any atom is 0.310 e. The van der Waals surface area contributed by atoms with E-state index in [-0.39, 0.29) is 51.3 Å². The first kappa shape index (κ1) is 31.7. The van der Waals surface area contributed by atoms with Crippen LogP contribution in [-0.4, -0.2) is 63.2 Å². The second-order valence-electron chi connectivity index (χ2n) is 17.8. The van der Waals surface area contributed by atoms with Crippen molar-refractivity contribution in [2.24, 2.45) is 56.2 Å². The minimum absolute atomic E-state index is 0.0211. The SMILES string of the molecule is CC1(C)CC[C@]2(C(=O)O)CC[C@]3(C)C(=CCC4[C@@]5(C)CC[C@H](C(=O)[C@@H]6OC[C@@H](O)[C@H](O)C6O)C(C)(C)C5CC[C@]43C)C2C1. The predicted molar refractivity (Wildman–Crippen MR) is 163 cm³/mol. The van der Waals surface area contributed by atoms with Gasteiger partial charge in [-0.1, -0.05) is 60.1 Å². The molecule has 0 amide bonds. The average Bonchev–Trinajstić information content (AvgIpc) is 2.91. The Hall–Kier alpha value is -1.28. The molecule has 0 spiro atoms. The number of carboxylic acids is 1. The maximum atomic E-state index is 13.9. The highest BCUT2D eigenvalue weighted by molar-refractivity contribution is 5.87. The van der Waals surface area contributed by atoms with E-state index in [9.17, 15) is 30.0 Å². The first-order chi connectivity index (χ1) is 19.9. The van der Waals surface area contributed by atoms with Crippen molar-refractivity contribution in [2.45, 2.75) is 137 Å². The molecule has 4 saturated carbocycles. The van der Waals surface area contributed by atoms with Gasteiger partial charge >= 0.3 is 5.97 Å². The number of carbonyl (C=O) groups is 2. The van der Waals surface area contributed by atoms with Gasteiger partial charge in [-0.2, -0.15) is 0 Å². The predicted octanol–water partition coefficient (Wildman–Crippen LogP) is 5.54. The van der Waals surface area contributed by atoms with E-state index < -0.39 is 35.8 Å². The number of allylic oxidation sites excluding steroid dienone is 2. The molecule has 6 rings (SSSR count). The van der Waals surface area contributed by atoms with Crippen LogP contribution >= 0.6 is 0 Å². The van der Waals surface area contributed by atoms with Crippen molar-refractivity contribution in [1.82, 2.24) is 0 Å². The lowest BCUT2D eigenvalue weighted by Crippen LogP contribution is -2.65. The molecule has 1 heterocycles. The number of hydrogen-bond donors (Lipinski definition) is 4. The third-order valence-electron chi connectivity index (χ3n) is 15.2. The van der Waals surface area contributed by atoms with E-state index >= 15 is 0 Å². The highest BCUT2D eigenvalue weighted by atomic mass is 16.5. The molecular formula is C36H56O7. The quantitative estimate of drug-likeness (QED) is 0.314. The molecule has 12 atom stereocenters. The van der Waals surface area contributed by atoms with Crippen molar-refractivity contribution >= 4 is 11.8 Å². The minimum atomic E-state index is -1.43. The maximum absolute atomic E-state index is 13.9. The summed E-state index contributed by atoms with van der Waals surface area (Å²) >= 11 is 0. The number of carboxylic acid groups (broad SMARTS) is 1. The second kappa shape index (κ2) is 9.86. The molecule has 7 nitrogen and oxygen atoms in total. The average molecular weight is 601 g/mol. The third-order valence-corrected chi connectivity index (χ3v) is 15.2. The number of aliphatic hydroxyl groups excluding tert-OH is 3. The topological polar surface area (TPSA) is 124 Å². The molecule has 242 valence electrons. The number of ketones is 1. The lowest BCUT2D eigenvalue weighted by Gasteiger charge is -2.71. The van der Waals surface area contributed by atoms with Crippen LogP contribution in [0, 0.1) is 56.2 Å². The Bertz CT molecular complexity index is 1210. The Morgan fingerprint density at radius 3 is 2.19 bits per heavy atom. The van der Waals surface area contributed by atoms with Crippen molar-refractivity contribution in [3.63, 3.8) is 0 Å². The molecule has 0 aromatic rings. The summed E-state index contributed by atoms with van der Waals surface area (Å²) in [7, 11) is 0.